The van der Waals surface area contributed by atoms with Gasteiger partial charge in [-0.05, 0) is 25.4 Å². The Kier molecular flexibility index (Phi) is 4.00. The van der Waals surface area contributed by atoms with E-state index in [0.29, 0.717) is 0 Å². The topological polar surface area (TPSA) is 0 Å². The zero-order valence-electron chi connectivity index (χ0n) is 6.80. The fourth-order valence-corrected chi connectivity index (χ4v) is 3.95. The molecule has 1 saturated carbocycles. The van der Waals surface area contributed by atoms with Crippen LogP contribution in [0.5, 0.6) is 0 Å². The van der Waals surface area contributed by atoms with E-state index in [4.69, 9.17) is 0 Å². The maximum absolute atomic E-state index is 2.25. The van der Waals surface area contributed by atoms with Crippen molar-refractivity contribution in [3.63, 3.8) is 0 Å². The minimum Gasteiger partial charge on any atom is -0.161 e. The van der Waals surface area contributed by atoms with Gasteiger partial charge in [0.1, 0.15) is 0 Å². The lowest BCUT2D eigenvalue weighted by Crippen LogP contribution is -2.23. The van der Waals surface area contributed by atoms with Crippen LogP contribution in [0.1, 0.15) is 25.7 Å². The lowest BCUT2D eigenvalue weighted by atomic mass is 10.00. The minimum atomic E-state index is 0.948. The van der Waals surface area contributed by atoms with Crippen molar-refractivity contribution in [1.82, 2.24) is 0 Å². The molecule has 2 atom stereocenters. The van der Waals surface area contributed by atoms with Gasteiger partial charge in [0.25, 0.3) is 0 Å². The van der Waals surface area contributed by atoms with Crippen LogP contribution in [0, 0.1) is 0 Å². The Morgan fingerprint density at radius 2 is 1.30 bits per heavy atom. The van der Waals surface area contributed by atoms with Gasteiger partial charge in [0.2, 0.25) is 0 Å². The third kappa shape index (κ3) is 2.09. The highest BCUT2D eigenvalue weighted by atomic mass is 32.2. The average Bonchev–Trinajstić information content (AvgIpc) is 2.04. The van der Waals surface area contributed by atoms with Crippen molar-refractivity contribution in [3.8, 4) is 0 Å². The molecule has 0 aromatic rings. The molecule has 2 unspecified atom stereocenters. The Balaban J connectivity index is 2.34. The SMILES string of the molecule is CSC1CCCCC1SC. The van der Waals surface area contributed by atoms with Gasteiger partial charge in [-0.15, -0.1) is 0 Å². The fraction of sp³-hybridized carbons (Fsp3) is 1.00. The van der Waals surface area contributed by atoms with E-state index < -0.39 is 0 Å². The van der Waals surface area contributed by atoms with E-state index in [0.717, 1.165) is 10.5 Å². The summed E-state index contributed by atoms with van der Waals surface area (Å²) in [6.07, 6.45) is 10.3. The molecule has 1 aliphatic carbocycles. The molecule has 10 heavy (non-hydrogen) atoms. The van der Waals surface area contributed by atoms with Crippen molar-refractivity contribution in [2.45, 2.75) is 36.2 Å². The third-order valence-electron chi connectivity index (χ3n) is 2.25. The Morgan fingerprint density at radius 1 is 0.900 bits per heavy atom. The molecule has 0 radical (unpaired) electrons. The third-order valence-corrected chi connectivity index (χ3v) is 4.76. The van der Waals surface area contributed by atoms with E-state index in [9.17, 15) is 0 Å². The van der Waals surface area contributed by atoms with E-state index in [1.165, 1.54) is 25.7 Å². The molecule has 1 fully saturated rings. The molecular formula is C8H16S2. The second-order valence-electron chi connectivity index (χ2n) is 2.83. The van der Waals surface area contributed by atoms with Crippen molar-refractivity contribution < 1.29 is 0 Å². The van der Waals surface area contributed by atoms with Crippen LogP contribution in [0.4, 0.5) is 0 Å². The lowest BCUT2D eigenvalue weighted by molar-refractivity contribution is 0.529. The summed E-state index contributed by atoms with van der Waals surface area (Å²) in [5.41, 5.74) is 0. The number of thioether (sulfide) groups is 2. The number of hydrogen-bond donors (Lipinski definition) is 0. The quantitative estimate of drug-likeness (QED) is 0.634. The molecule has 0 spiro atoms. The minimum absolute atomic E-state index is 0.948. The van der Waals surface area contributed by atoms with Crippen LogP contribution in [0.25, 0.3) is 0 Å². The summed E-state index contributed by atoms with van der Waals surface area (Å²) in [5.74, 6) is 0. The first-order chi connectivity index (χ1) is 4.88. The van der Waals surface area contributed by atoms with Crippen LogP contribution < -0.4 is 0 Å². The predicted octanol–water partition coefficient (Wildman–Crippen LogP) is 3.02. The molecule has 0 heterocycles. The van der Waals surface area contributed by atoms with Gasteiger partial charge in [0, 0.05) is 10.5 Å². The summed E-state index contributed by atoms with van der Waals surface area (Å²) in [4.78, 5) is 0. The monoisotopic (exact) mass is 176 g/mol. The molecule has 0 saturated heterocycles. The molecule has 0 aliphatic heterocycles. The Morgan fingerprint density at radius 3 is 1.60 bits per heavy atom. The predicted molar refractivity (Wildman–Crippen MR) is 53.1 cm³/mol. The van der Waals surface area contributed by atoms with Crippen LogP contribution in [-0.4, -0.2) is 23.0 Å². The van der Waals surface area contributed by atoms with Crippen LogP contribution in [-0.2, 0) is 0 Å². The molecule has 0 nitrogen and oxygen atoms in total. The van der Waals surface area contributed by atoms with E-state index in [2.05, 4.69) is 36.0 Å². The Bertz CT molecular complexity index is 81.3. The van der Waals surface area contributed by atoms with Crippen LogP contribution >= 0.6 is 23.5 Å². The zero-order valence-corrected chi connectivity index (χ0v) is 8.43. The van der Waals surface area contributed by atoms with Gasteiger partial charge in [-0.25, -0.2) is 0 Å². The first-order valence-electron chi connectivity index (χ1n) is 3.94. The molecule has 0 amide bonds. The smallest absolute Gasteiger partial charge is 0.0163 e. The second-order valence-corrected chi connectivity index (χ2v) is 4.99. The maximum Gasteiger partial charge on any atom is 0.0163 e. The van der Waals surface area contributed by atoms with E-state index >= 15 is 0 Å². The van der Waals surface area contributed by atoms with Gasteiger partial charge in [0.05, 0.1) is 0 Å². The van der Waals surface area contributed by atoms with Crippen LogP contribution in [0.2, 0.25) is 0 Å². The van der Waals surface area contributed by atoms with Crippen molar-refractivity contribution in [3.05, 3.63) is 0 Å². The Hall–Kier alpha value is 0.700. The normalized spacial score (nSPS) is 34.2. The summed E-state index contributed by atoms with van der Waals surface area (Å²) in [5, 5.41) is 1.90. The number of rotatable bonds is 2. The van der Waals surface area contributed by atoms with E-state index in [1.807, 2.05) is 0 Å². The van der Waals surface area contributed by atoms with Crippen molar-refractivity contribution in [2.24, 2.45) is 0 Å². The fourth-order valence-electron chi connectivity index (χ4n) is 1.60. The molecule has 0 aromatic carbocycles. The van der Waals surface area contributed by atoms with Gasteiger partial charge < -0.3 is 0 Å². The van der Waals surface area contributed by atoms with Gasteiger partial charge in [-0.2, -0.15) is 23.5 Å². The first-order valence-corrected chi connectivity index (χ1v) is 6.51. The highest BCUT2D eigenvalue weighted by Crippen LogP contribution is 2.33. The lowest BCUT2D eigenvalue weighted by Gasteiger charge is -2.28. The standard InChI is InChI=1S/C8H16S2/c1-9-7-5-3-4-6-8(7)10-2/h7-8H,3-6H2,1-2H3. The number of hydrogen-bond acceptors (Lipinski definition) is 2. The zero-order chi connectivity index (χ0) is 7.40. The molecular weight excluding hydrogens is 160 g/mol. The highest BCUT2D eigenvalue weighted by molar-refractivity contribution is 8.03. The van der Waals surface area contributed by atoms with Crippen molar-refractivity contribution in [2.75, 3.05) is 12.5 Å². The summed E-state index contributed by atoms with van der Waals surface area (Å²) in [7, 11) is 0. The average molecular weight is 176 g/mol. The molecule has 60 valence electrons. The summed E-state index contributed by atoms with van der Waals surface area (Å²) >= 11 is 4.12. The van der Waals surface area contributed by atoms with E-state index in [-0.39, 0.29) is 0 Å². The highest BCUT2D eigenvalue weighted by Gasteiger charge is 2.22. The largest absolute Gasteiger partial charge is 0.161 e. The van der Waals surface area contributed by atoms with Gasteiger partial charge in [0.15, 0.2) is 0 Å². The molecule has 0 N–H and O–H groups in total. The maximum atomic E-state index is 2.25. The second kappa shape index (κ2) is 4.55. The van der Waals surface area contributed by atoms with Crippen molar-refractivity contribution >= 4 is 23.5 Å². The molecule has 0 aromatic heterocycles. The van der Waals surface area contributed by atoms with Crippen LogP contribution in [0.15, 0.2) is 0 Å². The van der Waals surface area contributed by atoms with Gasteiger partial charge in [-0.3, -0.25) is 0 Å². The van der Waals surface area contributed by atoms with Gasteiger partial charge in [-0.1, -0.05) is 12.8 Å². The van der Waals surface area contributed by atoms with Crippen LogP contribution in [0.3, 0.4) is 0 Å². The molecule has 1 rings (SSSR count). The van der Waals surface area contributed by atoms with Gasteiger partial charge >= 0.3 is 0 Å². The van der Waals surface area contributed by atoms with Crippen molar-refractivity contribution in [1.29, 1.82) is 0 Å². The van der Waals surface area contributed by atoms with E-state index in [1.54, 1.807) is 0 Å². The summed E-state index contributed by atoms with van der Waals surface area (Å²) in [6, 6.07) is 0. The molecule has 2 heteroatoms. The Labute approximate surface area is 72.5 Å². The summed E-state index contributed by atoms with van der Waals surface area (Å²) < 4.78 is 0. The molecule has 1 aliphatic rings. The first kappa shape index (κ1) is 8.79. The summed E-state index contributed by atoms with van der Waals surface area (Å²) in [6.45, 7) is 0. The molecule has 0 bridgehead atoms.